The van der Waals surface area contributed by atoms with E-state index in [0.29, 0.717) is 5.57 Å². The summed E-state index contributed by atoms with van der Waals surface area (Å²) >= 11 is 1.61. The SMILES string of the molecule is CSc1ccc(C=C(C)CC(F)(F)F)cc1. The summed E-state index contributed by atoms with van der Waals surface area (Å²) in [7, 11) is 0. The van der Waals surface area contributed by atoms with Gasteiger partial charge in [-0.2, -0.15) is 13.2 Å². The van der Waals surface area contributed by atoms with Crippen LogP contribution >= 0.6 is 11.8 Å². The number of hydrogen-bond acceptors (Lipinski definition) is 1. The summed E-state index contributed by atoms with van der Waals surface area (Å²) in [5.41, 5.74) is 1.13. The number of allylic oxidation sites excluding steroid dienone is 1. The second-order valence-electron chi connectivity index (χ2n) is 3.56. The lowest BCUT2D eigenvalue weighted by molar-refractivity contribution is -0.126. The van der Waals surface area contributed by atoms with E-state index in [0.717, 1.165) is 10.5 Å². The van der Waals surface area contributed by atoms with Gasteiger partial charge in [-0.25, -0.2) is 0 Å². The molecule has 0 fully saturated rings. The van der Waals surface area contributed by atoms with Gasteiger partial charge in [0.2, 0.25) is 0 Å². The van der Waals surface area contributed by atoms with Crippen molar-refractivity contribution in [2.75, 3.05) is 6.26 Å². The molecule has 0 saturated heterocycles. The van der Waals surface area contributed by atoms with Crippen molar-refractivity contribution in [3.8, 4) is 0 Å². The van der Waals surface area contributed by atoms with Crippen molar-refractivity contribution in [1.82, 2.24) is 0 Å². The average molecular weight is 246 g/mol. The van der Waals surface area contributed by atoms with Crippen LogP contribution in [0.1, 0.15) is 18.9 Å². The Morgan fingerprint density at radius 2 is 1.81 bits per heavy atom. The van der Waals surface area contributed by atoms with E-state index < -0.39 is 12.6 Å². The van der Waals surface area contributed by atoms with Crippen molar-refractivity contribution in [1.29, 1.82) is 0 Å². The highest BCUT2D eigenvalue weighted by Gasteiger charge is 2.27. The molecule has 4 heteroatoms. The molecule has 0 aliphatic carbocycles. The fraction of sp³-hybridized carbons (Fsp3) is 0.333. The molecule has 0 bridgehead atoms. The molecule has 0 saturated carbocycles. The lowest BCUT2D eigenvalue weighted by atomic mass is 10.1. The third-order valence-corrected chi connectivity index (χ3v) is 2.75. The Kier molecular flexibility index (Phi) is 4.47. The van der Waals surface area contributed by atoms with Crippen molar-refractivity contribution < 1.29 is 13.2 Å². The molecule has 0 spiro atoms. The minimum absolute atomic E-state index is 0.324. The van der Waals surface area contributed by atoms with E-state index in [1.807, 2.05) is 30.5 Å². The van der Waals surface area contributed by atoms with Gasteiger partial charge in [0.15, 0.2) is 0 Å². The highest BCUT2D eigenvalue weighted by molar-refractivity contribution is 7.98. The molecule has 1 aromatic carbocycles. The van der Waals surface area contributed by atoms with Gasteiger partial charge in [0.25, 0.3) is 0 Å². The standard InChI is InChI=1S/C12H13F3S/c1-9(8-12(13,14)15)7-10-3-5-11(16-2)6-4-10/h3-7H,8H2,1-2H3. The van der Waals surface area contributed by atoms with Crippen LogP contribution in [0.4, 0.5) is 13.2 Å². The minimum Gasteiger partial charge on any atom is -0.171 e. The Labute approximate surface area is 97.6 Å². The fourth-order valence-corrected chi connectivity index (χ4v) is 1.76. The van der Waals surface area contributed by atoms with E-state index in [1.54, 1.807) is 17.8 Å². The average Bonchev–Trinajstić information content (AvgIpc) is 2.16. The maximum absolute atomic E-state index is 12.1. The summed E-state index contributed by atoms with van der Waals surface area (Å²) in [5.74, 6) is 0. The minimum atomic E-state index is -4.13. The molecule has 88 valence electrons. The first-order valence-corrected chi connectivity index (χ1v) is 6.01. The molecular formula is C12H13F3S. The van der Waals surface area contributed by atoms with Gasteiger partial charge in [-0.05, 0) is 30.9 Å². The quantitative estimate of drug-likeness (QED) is 0.693. The molecule has 0 atom stereocenters. The molecule has 1 aromatic rings. The van der Waals surface area contributed by atoms with Crippen molar-refractivity contribution >= 4 is 17.8 Å². The second-order valence-corrected chi connectivity index (χ2v) is 4.44. The number of halogens is 3. The summed E-state index contributed by atoms with van der Waals surface area (Å²) in [6, 6.07) is 7.45. The normalized spacial score (nSPS) is 12.9. The summed E-state index contributed by atoms with van der Waals surface area (Å²) < 4.78 is 36.2. The van der Waals surface area contributed by atoms with Crippen molar-refractivity contribution in [2.24, 2.45) is 0 Å². The van der Waals surface area contributed by atoms with Crippen LogP contribution in [0.2, 0.25) is 0 Å². The zero-order valence-electron chi connectivity index (χ0n) is 9.14. The molecule has 0 N–H and O–H groups in total. The Morgan fingerprint density at radius 3 is 2.25 bits per heavy atom. The smallest absolute Gasteiger partial charge is 0.171 e. The molecule has 0 unspecified atom stereocenters. The molecule has 0 radical (unpaired) electrons. The number of rotatable bonds is 3. The summed E-state index contributed by atoms with van der Waals surface area (Å²) in [6.07, 6.45) is -1.45. The van der Waals surface area contributed by atoms with Crippen LogP contribution in [0.15, 0.2) is 34.7 Å². The van der Waals surface area contributed by atoms with E-state index >= 15 is 0 Å². The summed E-state index contributed by atoms with van der Waals surface area (Å²) in [4.78, 5) is 1.10. The lowest BCUT2D eigenvalue weighted by Crippen LogP contribution is -2.06. The number of benzene rings is 1. The van der Waals surface area contributed by atoms with E-state index in [-0.39, 0.29) is 0 Å². The zero-order chi connectivity index (χ0) is 12.2. The fourth-order valence-electron chi connectivity index (χ4n) is 1.35. The van der Waals surface area contributed by atoms with E-state index in [1.165, 1.54) is 6.92 Å². The molecular weight excluding hydrogens is 233 g/mol. The van der Waals surface area contributed by atoms with Crippen LogP contribution in [0.25, 0.3) is 6.08 Å². The van der Waals surface area contributed by atoms with Crippen molar-refractivity contribution in [3.05, 3.63) is 35.4 Å². The maximum Gasteiger partial charge on any atom is 0.392 e. The largest absolute Gasteiger partial charge is 0.392 e. The third-order valence-electron chi connectivity index (χ3n) is 2.01. The van der Waals surface area contributed by atoms with Crippen molar-refractivity contribution in [3.63, 3.8) is 0 Å². The molecule has 16 heavy (non-hydrogen) atoms. The van der Waals surface area contributed by atoms with Crippen LogP contribution in [0.5, 0.6) is 0 Å². The van der Waals surface area contributed by atoms with Crippen LogP contribution in [-0.4, -0.2) is 12.4 Å². The first-order valence-electron chi connectivity index (χ1n) is 4.79. The van der Waals surface area contributed by atoms with E-state index in [4.69, 9.17) is 0 Å². The molecule has 0 nitrogen and oxygen atoms in total. The van der Waals surface area contributed by atoms with Crippen LogP contribution in [0, 0.1) is 0 Å². The molecule has 1 rings (SSSR count). The summed E-state index contributed by atoms with van der Waals surface area (Å²) in [6.45, 7) is 1.50. The van der Waals surface area contributed by atoms with Gasteiger partial charge in [0.05, 0.1) is 6.42 Å². The molecule has 0 heterocycles. The van der Waals surface area contributed by atoms with Gasteiger partial charge in [-0.1, -0.05) is 23.8 Å². The Morgan fingerprint density at radius 1 is 1.25 bits per heavy atom. The van der Waals surface area contributed by atoms with E-state index in [2.05, 4.69) is 0 Å². The Bertz CT molecular complexity index is 363. The van der Waals surface area contributed by atoms with E-state index in [9.17, 15) is 13.2 Å². The van der Waals surface area contributed by atoms with Crippen molar-refractivity contribution in [2.45, 2.75) is 24.4 Å². The molecule has 0 aliphatic rings. The van der Waals surface area contributed by atoms with Gasteiger partial charge in [0, 0.05) is 4.90 Å². The number of alkyl halides is 3. The predicted molar refractivity (Wildman–Crippen MR) is 62.5 cm³/mol. The first kappa shape index (κ1) is 13.2. The van der Waals surface area contributed by atoms with Gasteiger partial charge >= 0.3 is 6.18 Å². The summed E-state index contributed by atoms with van der Waals surface area (Å²) in [5, 5.41) is 0. The number of thioether (sulfide) groups is 1. The third kappa shape index (κ3) is 4.75. The van der Waals surface area contributed by atoms with Crippen LogP contribution in [0.3, 0.4) is 0 Å². The molecule has 0 aromatic heterocycles. The van der Waals surface area contributed by atoms with Gasteiger partial charge < -0.3 is 0 Å². The monoisotopic (exact) mass is 246 g/mol. The number of hydrogen-bond donors (Lipinski definition) is 0. The maximum atomic E-state index is 12.1. The van der Waals surface area contributed by atoms with Gasteiger partial charge in [-0.15, -0.1) is 11.8 Å². The molecule has 0 aliphatic heterocycles. The zero-order valence-corrected chi connectivity index (χ0v) is 9.95. The highest BCUT2D eigenvalue weighted by atomic mass is 32.2. The van der Waals surface area contributed by atoms with Gasteiger partial charge in [-0.3, -0.25) is 0 Å². The second kappa shape index (κ2) is 5.43. The van der Waals surface area contributed by atoms with Crippen LogP contribution in [-0.2, 0) is 0 Å². The lowest BCUT2D eigenvalue weighted by Gasteiger charge is -2.06. The van der Waals surface area contributed by atoms with Crippen LogP contribution < -0.4 is 0 Å². The first-order chi connectivity index (χ1) is 7.40. The topological polar surface area (TPSA) is 0 Å². The Balaban J connectivity index is 2.74. The van der Waals surface area contributed by atoms with Gasteiger partial charge in [0.1, 0.15) is 0 Å². The molecule has 0 amide bonds. The Hall–Kier alpha value is -0.900. The predicted octanol–water partition coefficient (Wildman–Crippen LogP) is 4.76. The highest BCUT2D eigenvalue weighted by Crippen LogP contribution is 2.25.